The van der Waals surface area contributed by atoms with Gasteiger partial charge in [0.25, 0.3) is 10.1 Å². The van der Waals surface area contributed by atoms with Crippen molar-refractivity contribution in [3.8, 4) is 0 Å². The first-order valence-corrected chi connectivity index (χ1v) is 7.23. The summed E-state index contributed by atoms with van der Waals surface area (Å²) in [5.41, 5.74) is 5.75. The molecule has 10 heteroatoms. The zero-order valence-corrected chi connectivity index (χ0v) is 12.5. The topological polar surface area (TPSA) is 69.4 Å². The van der Waals surface area contributed by atoms with Gasteiger partial charge in [0.15, 0.2) is 6.61 Å². The smallest absolute Gasteiger partial charge is 0.397 e. The Morgan fingerprint density at radius 1 is 1.22 bits per heavy atom. The molecule has 0 spiro atoms. The third kappa shape index (κ3) is 4.11. The minimum Gasteiger partial charge on any atom is -0.397 e. The Hall–Kier alpha value is -0.320. The van der Waals surface area contributed by atoms with Crippen molar-refractivity contribution in [3.63, 3.8) is 0 Å². The highest BCUT2D eigenvalue weighted by molar-refractivity contribution is 9.11. The zero-order valence-electron chi connectivity index (χ0n) is 8.46. The molecule has 0 saturated carbocycles. The van der Waals surface area contributed by atoms with Crippen LogP contribution in [0.4, 0.5) is 18.9 Å². The van der Waals surface area contributed by atoms with Crippen molar-refractivity contribution >= 4 is 47.7 Å². The molecule has 1 aromatic rings. The Balaban J connectivity index is 3.07. The van der Waals surface area contributed by atoms with Gasteiger partial charge in [-0.2, -0.15) is 21.6 Å². The van der Waals surface area contributed by atoms with Gasteiger partial charge in [0, 0.05) is 8.95 Å². The van der Waals surface area contributed by atoms with Gasteiger partial charge in [-0.05, 0) is 44.0 Å². The van der Waals surface area contributed by atoms with Crippen LogP contribution in [0.2, 0.25) is 0 Å². The Labute approximate surface area is 118 Å². The molecule has 0 atom stereocenters. The summed E-state index contributed by atoms with van der Waals surface area (Å²) < 4.78 is 63.0. The van der Waals surface area contributed by atoms with Crippen LogP contribution in [0.15, 0.2) is 26.0 Å². The summed E-state index contributed by atoms with van der Waals surface area (Å²) in [5.74, 6) is 0. The van der Waals surface area contributed by atoms with E-state index in [4.69, 9.17) is 5.73 Å². The summed E-state index contributed by atoms with van der Waals surface area (Å²) in [5, 5.41) is 0. The van der Waals surface area contributed by atoms with Gasteiger partial charge in [-0.15, -0.1) is 0 Å². The van der Waals surface area contributed by atoms with E-state index in [0.29, 0.717) is 0 Å². The molecule has 0 saturated heterocycles. The lowest BCUT2D eigenvalue weighted by molar-refractivity contribution is -0.152. The van der Waals surface area contributed by atoms with Crippen LogP contribution >= 0.6 is 31.9 Å². The number of hydrogen-bond acceptors (Lipinski definition) is 4. The first-order valence-electron chi connectivity index (χ1n) is 4.23. The van der Waals surface area contributed by atoms with Crippen LogP contribution in [0.3, 0.4) is 0 Å². The molecular weight excluding hydrogens is 407 g/mol. The molecule has 0 aliphatic heterocycles. The number of nitrogen functional groups attached to an aromatic ring is 1. The van der Waals surface area contributed by atoms with Crippen molar-refractivity contribution in [2.75, 3.05) is 12.3 Å². The van der Waals surface area contributed by atoms with E-state index >= 15 is 0 Å². The summed E-state index contributed by atoms with van der Waals surface area (Å²) in [4.78, 5) is -0.431. The number of nitrogens with two attached hydrogens (primary N) is 1. The average molecular weight is 413 g/mol. The molecule has 0 aromatic heterocycles. The monoisotopic (exact) mass is 411 g/mol. The van der Waals surface area contributed by atoms with Crippen LogP contribution in [-0.4, -0.2) is 21.2 Å². The summed E-state index contributed by atoms with van der Waals surface area (Å²) in [6.07, 6.45) is -4.73. The van der Waals surface area contributed by atoms with Crippen LogP contribution in [-0.2, 0) is 14.3 Å². The molecule has 4 nitrogen and oxygen atoms in total. The van der Waals surface area contributed by atoms with Crippen LogP contribution in [0.25, 0.3) is 0 Å². The van der Waals surface area contributed by atoms with Crippen LogP contribution in [0.5, 0.6) is 0 Å². The average Bonchev–Trinajstić information content (AvgIpc) is 2.21. The fourth-order valence-corrected chi connectivity index (χ4v) is 3.36. The lowest BCUT2D eigenvalue weighted by Gasteiger charge is -2.10. The first-order chi connectivity index (χ1) is 8.03. The fourth-order valence-electron chi connectivity index (χ4n) is 0.918. The third-order valence-corrected chi connectivity index (χ3v) is 4.27. The van der Waals surface area contributed by atoms with Crippen LogP contribution in [0.1, 0.15) is 0 Å². The second-order valence-electron chi connectivity index (χ2n) is 3.13. The zero-order chi connectivity index (χ0) is 14.1. The number of alkyl halides is 3. The second-order valence-corrected chi connectivity index (χ2v) is 6.46. The molecule has 0 aliphatic rings. The van der Waals surface area contributed by atoms with Crippen molar-refractivity contribution in [3.05, 3.63) is 21.1 Å². The summed E-state index contributed by atoms with van der Waals surface area (Å²) in [6.45, 7) is -1.88. The van der Waals surface area contributed by atoms with Crippen molar-refractivity contribution < 1.29 is 25.8 Å². The van der Waals surface area contributed by atoms with Crippen LogP contribution in [0, 0.1) is 0 Å². The highest BCUT2D eigenvalue weighted by atomic mass is 79.9. The van der Waals surface area contributed by atoms with Gasteiger partial charge in [-0.3, -0.25) is 4.18 Å². The van der Waals surface area contributed by atoms with Crippen molar-refractivity contribution in [2.45, 2.75) is 11.1 Å². The van der Waals surface area contributed by atoms with Crippen LogP contribution < -0.4 is 5.73 Å². The van der Waals surface area contributed by atoms with Gasteiger partial charge in [0.1, 0.15) is 0 Å². The molecular formula is C8H6Br2F3NO3S. The molecule has 0 fully saturated rings. The minimum atomic E-state index is -4.73. The maximum atomic E-state index is 11.9. The standard InChI is InChI=1S/C8H6Br2F3NO3S/c9-5-1-4(2-6(10)7(5)14)18(15,16)17-3-8(11,12)13/h1-2H,3,14H2. The molecule has 1 rings (SSSR count). The summed E-state index contributed by atoms with van der Waals surface area (Å²) in [7, 11) is -4.49. The molecule has 0 unspecified atom stereocenters. The first kappa shape index (κ1) is 15.7. The number of anilines is 1. The maximum Gasteiger partial charge on any atom is 0.413 e. The Morgan fingerprint density at radius 3 is 2.06 bits per heavy atom. The quantitative estimate of drug-likeness (QED) is 0.611. The van der Waals surface area contributed by atoms with E-state index in [1.165, 1.54) is 0 Å². The maximum absolute atomic E-state index is 11.9. The highest BCUT2D eigenvalue weighted by Gasteiger charge is 2.31. The SMILES string of the molecule is Nc1c(Br)cc(S(=O)(=O)OCC(F)(F)F)cc1Br. The molecule has 2 N–H and O–H groups in total. The number of halogens is 5. The van der Waals surface area contributed by atoms with E-state index in [2.05, 4.69) is 36.0 Å². The molecule has 0 radical (unpaired) electrons. The number of hydrogen-bond donors (Lipinski definition) is 1. The third-order valence-electron chi connectivity index (χ3n) is 1.72. The molecule has 102 valence electrons. The summed E-state index contributed by atoms with van der Waals surface area (Å²) >= 11 is 5.97. The van der Waals surface area contributed by atoms with E-state index in [9.17, 15) is 21.6 Å². The Kier molecular flexibility index (Phi) is 4.68. The number of benzene rings is 1. The van der Waals surface area contributed by atoms with E-state index < -0.39 is 27.8 Å². The van der Waals surface area contributed by atoms with Gasteiger partial charge >= 0.3 is 6.18 Å². The van der Waals surface area contributed by atoms with Crippen molar-refractivity contribution in [1.82, 2.24) is 0 Å². The van der Waals surface area contributed by atoms with Gasteiger partial charge < -0.3 is 5.73 Å². The van der Waals surface area contributed by atoms with Gasteiger partial charge in [0.2, 0.25) is 0 Å². The Morgan fingerprint density at radius 2 is 1.67 bits per heavy atom. The Bertz CT molecular complexity index is 536. The molecule has 18 heavy (non-hydrogen) atoms. The van der Waals surface area contributed by atoms with Crippen molar-refractivity contribution in [2.24, 2.45) is 0 Å². The van der Waals surface area contributed by atoms with Crippen molar-refractivity contribution in [1.29, 1.82) is 0 Å². The predicted octanol–water partition coefficient (Wildman–Crippen LogP) is 3.06. The summed E-state index contributed by atoms with van der Waals surface area (Å²) in [6, 6.07) is 2.12. The lowest BCUT2D eigenvalue weighted by atomic mass is 10.3. The van der Waals surface area contributed by atoms with E-state index in [1.54, 1.807) is 0 Å². The second kappa shape index (κ2) is 5.35. The predicted molar refractivity (Wildman–Crippen MR) is 65.4 cm³/mol. The van der Waals surface area contributed by atoms with Gasteiger partial charge in [-0.1, -0.05) is 0 Å². The molecule has 1 aromatic carbocycles. The molecule has 0 bridgehead atoms. The minimum absolute atomic E-state index is 0.227. The highest BCUT2D eigenvalue weighted by Crippen LogP contribution is 2.32. The van der Waals surface area contributed by atoms with E-state index in [-0.39, 0.29) is 14.6 Å². The van der Waals surface area contributed by atoms with Gasteiger partial charge in [0.05, 0.1) is 10.6 Å². The normalized spacial score (nSPS) is 12.7. The lowest BCUT2D eigenvalue weighted by Crippen LogP contribution is -2.20. The largest absolute Gasteiger partial charge is 0.413 e. The molecule has 0 aliphatic carbocycles. The number of rotatable bonds is 3. The molecule has 0 amide bonds. The molecule has 0 heterocycles. The van der Waals surface area contributed by atoms with E-state index in [0.717, 1.165) is 12.1 Å². The fraction of sp³-hybridized carbons (Fsp3) is 0.250. The van der Waals surface area contributed by atoms with Gasteiger partial charge in [-0.25, -0.2) is 0 Å². The van der Waals surface area contributed by atoms with E-state index in [1.807, 2.05) is 0 Å².